The van der Waals surface area contributed by atoms with Crippen LogP contribution in [0.4, 0.5) is 5.82 Å². The van der Waals surface area contributed by atoms with Crippen LogP contribution in [0.3, 0.4) is 0 Å². The largest absolute Gasteiger partial charge is 0.383 e. The van der Waals surface area contributed by atoms with E-state index in [2.05, 4.69) is 31.6 Å². The second-order valence-electron chi connectivity index (χ2n) is 5.56. The van der Waals surface area contributed by atoms with Gasteiger partial charge in [-0.05, 0) is 31.9 Å². The Labute approximate surface area is 115 Å². The summed E-state index contributed by atoms with van der Waals surface area (Å²) in [5.74, 6) is 2.51. The number of hydrogen-bond donors (Lipinski definition) is 1. The summed E-state index contributed by atoms with van der Waals surface area (Å²) >= 11 is 1.92. The van der Waals surface area contributed by atoms with Crippen LogP contribution in [0.15, 0.2) is 0 Å². The summed E-state index contributed by atoms with van der Waals surface area (Å²) < 4.78 is 2.43. The quantitative estimate of drug-likeness (QED) is 0.883. The van der Waals surface area contributed by atoms with Crippen molar-refractivity contribution in [2.75, 3.05) is 12.0 Å². The monoisotopic (exact) mass is 267 g/mol. The molecular formula is C14H25N3S. The summed E-state index contributed by atoms with van der Waals surface area (Å²) in [5.41, 5.74) is 7.54. The highest BCUT2D eigenvalue weighted by Gasteiger charge is 2.42. The fourth-order valence-corrected chi connectivity index (χ4v) is 3.79. The highest BCUT2D eigenvalue weighted by molar-refractivity contribution is 7.99. The maximum Gasteiger partial charge on any atom is 0.128 e. The molecule has 1 aliphatic carbocycles. The predicted octanol–water partition coefficient (Wildman–Crippen LogP) is 3.74. The Morgan fingerprint density at radius 2 is 2.11 bits per heavy atom. The van der Waals surface area contributed by atoms with Gasteiger partial charge in [0.15, 0.2) is 0 Å². The van der Waals surface area contributed by atoms with E-state index in [1.807, 2.05) is 11.8 Å². The van der Waals surface area contributed by atoms with E-state index in [4.69, 9.17) is 10.7 Å². The lowest BCUT2D eigenvalue weighted by Crippen LogP contribution is -2.31. The molecule has 0 bridgehead atoms. The number of anilines is 1. The molecule has 2 rings (SSSR count). The molecule has 3 nitrogen and oxygen atoms in total. The van der Waals surface area contributed by atoms with Gasteiger partial charge in [-0.1, -0.05) is 20.8 Å². The minimum Gasteiger partial charge on any atom is -0.383 e. The average Bonchev–Trinajstić information content (AvgIpc) is 2.59. The summed E-state index contributed by atoms with van der Waals surface area (Å²) in [6, 6.07) is 0. The van der Waals surface area contributed by atoms with Crippen molar-refractivity contribution < 1.29 is 0 Å². The summed E-state index contributed by atoms with van der Waals surface area (Å²) in [6.07, 6.45) is 7.04. The lowest BCUT2D eigenvalue weighted by atomic mass is 9.81. The number of nitrogens with zero attached hydrogens (tertiary/aromatic N) is 2. The number of imidazole rings is 1. The Bertz CT molecular complexity index is 413. The van der Waals surface area contributed by atoms with Crippen LogP contribution in [-0.4, -0.2) is 15.8 Å². The Hall–Kier alpha value is -0.640. The van der Waals surface area contributed by atoms with E-state index in [0.29, 0.717) is 5.92 Å². The van der Waals surface area contributed by atoms with Crippen molar-refractivity contribution in [1.82, 2.24) is 9.55 Å². The van der Waals surface area contributed by atoms with Crippen LogP contribution in [0.2, 0.25) is 0 Å². The first-order valence-corrected chi connectivity index (χ1v) is 8.19. The van der Waals surface area contributed by atoms with E-state index in [1.165, 1.54) is 19.3 Å². The standard InChI is InChI=1S/C14H25N3S/c1-5-9-17-12(15)11(16-13(17)10(2)3)14(18-4)7-6-8-14/h10H,5-9,15H2,1-4H3. The summed E-state index contributed by atoms with van der Waals surface area (Å²) in [4.78, 5) is 4.91. The van der Waals surface area contributed by atoms with Gasteiger partial charge in [-0.2, -0.15) is 11.8 Å². The van der Waals surface area contributed by atoms with Gasteiger partial charge < -0.3 is 10.3 Å². The van der Waals surface area contributed by atoms with Gasteiger partial charge in [-0.25, -0.2) is 4.98 Å². The third-order valence-electron chi connectivity index (χ3n) is 3.98. The Balaban J connectivity index is 2.45. The molecule has 0 aliphatic heterocycles. The number of aromatic nitrogens is 2. The molecule has 1 aromatic rings. The number of thioether (sulfide) groups is 1. The summed E-state index contributed by atoms with van der Waals surface area (Å²) in [7, 11) is 0. The van der Waals surface area contributed by atoms with Crippen molar-refractivity contribution in [3.05, 3.63) is 11.5 Å². The van der Waals surface area contributed by atoms with Crippen LogP contribution in [-0.2, 0) is 11.3 Å². The molecule has 1 fully saturated rings. The van der Waals surface area contributed by atoms with Gasteiger partial charge in [-0.15, -0.1) is 0 Å². The van der Waals surface area contributed by atoms with Crippen LogP contribution in [0, 0.1) is 0 Å². The van der Waals surface area contributed by atoms with Crippen LogP contribution in [0.25, 0.3) is 0 Å². The molecule has 0 saturated heterocycles. The zero-order valence-electron chi connectivity index (χ0n) is 12.0. The van der Waals surface area contributed by atoms with E-state index in [9.17, 15) is 0 Å². The molecule has 4 heteroatoms. The summed E-state index contributed by atoms with van der Waals surface area (Å²) in [6.45, 7) is 7.57. The molecule has 0 spiro atoms. The first-order valence-electron chi connectivity index (χ1n) is 6.97. The molecule has 0 unspecified atom stereocenters. The Morgan fingerprint density at radius 3 is 2.50 bits per heavy atom. The molecular weight excluding hydrogens is 242 g/mol. The fourth-order valence-electron chi connectivity index (χ4n) is 2.75. The summed E-state index contributed by atoms with van der Waals surface area (Å²) in [5, 5.41) is 0. The van der Waals surface area contributed by atoms with Crippen molar-refractivity contribution in [2.24, 2.45) is 0 Å². The van der Waals surface area contributed by atoms with Crippen LogP contribution < -0.4 is 5.73 Å². The van der Waals surface area contributed by atoms with E-state index >= 15 is 0 Å². The van der Waals surface area contributed by atoms with Gasteiger partial charge in [0, 0.05) is 12.5 Å². The van der Waals surface area contributed by atoms with E-state index in [1.54, 1.807) is 0 Å². The smallest absolute Gasteiger partial charge is 0.128 e. The zero-order chi connectivity index (χ0) is 13.3. The highest BCUT2D eigenvalue weighted by Crippen LogP contribution is 2.52. The molecule has 1 heterocycles. The first kappa shape index (κ1) is 13.8. The molecule has 102 valence electrons. The van der Waals surface area contributed by atoms with Crippen LogP contribution >= 0.6 is 11.8 Å². The minimum atomic E-state index is 0.201. The maximum atomic E-state index is 6.39. The molecule has 1 aliphatic rings. The van der Waals surface area contributed by atoms with Crippen molar-refractivity contribution in [3.63, 3.8) is 0 Å². The normalized spacial score (nSPS) is 18.1. The van der Waals surface area contributed by atoms with E-state index < -0.39 is 0 Å². The molecule has 0 amide bonds. The number of nitrogen functional groups attached to an aromatic ring is 1. The van der Waals surface area contributed by atoms with Crippen molar-refractivity contribution >= 4 is 17.6 Å². The molecule has 0 atom stereocenters. The van der Waals surface area contributed by atoms with E-state index in [-0.39, 0.29) is 4.75 Å². The lowest BCUT2D eigenvalue weighted by molar-refractivity contribution is 0.367. The molecule has 1 saturated carbocycles. The van der Waals surface area contributed by atoms with Crippen molar-refractivity contribution in [2.45, 2.75) is 63.7 Å². The van der Waals surface area contributed by atoms with Gasteiger partial charge >= 0.3 is 0 Å². The highest BCUT2D eigenvalue weighted by atomic mass is 32.2. The zero-order valence-corrected chi connectivity index (χ0v) is 12.8. The van der Waals surface area contributed by atoms with Gasteiger partial charge in [-0.3, -0.25) is 0 Å². The lowest BCUT2D eigenvalue weighted by Gasteiger charge is -2.39. The van der Waals surface area contributed by atoms with Gasteiger partial charge in [0.2, 0.25) is 0 Å². The second kappa shape index (κ2) is 5.16. The predicted molar refractivity (Wildman–Crippen MR) is 80.1 cm³/mol. The third kappa shape index (κ3) is 2.04. The van der Waals surface area contributed by atoms with Crippen LogP contribution in [0.1, 0.15) is 63.9 Å². The maximum absolute atomic E-state index is 6.39. The van der Waals surface area contributed by atoms with Gasteiger partial charge in [0.1, 0.15) is 11.6 Å². The molecule has 2 N–H and O–H groups in total. The Kier molecular flexibility index (Phi) is 3.95. The van der Waals surface area contributed by atoms with E-state index in [0.717, 1.165) is 30.3 Å². The SMILES string of the molecule is CCCn1c(C(C)C)nc(C2(SC)CCC2)c1N. The fraction of sp³-hybridized carbons (Fsp3) is 0.786. The second-order valence-corrected chi connectivity index (χ2v) is 6.75. The topological polar surface area (TPSA) is 43.8 Å². The first-order chi connectivity index (χ1) is 8.55. The number of nitrogens with two attached hydrogens (primary N) is 1. The molecule has 18 heavy (non-hydrogen) atoms. The van der Waals surface area contributed by atoms with Crippen molar-refractivity contribution in [3.8, 4) is 0 Å². The Morgan fingerprint density at radius 1 is 1.44 bits per heavy atom. The average molecular weight is 267 g/mol. The molecule has 0 radical (unpaired) electrons. The third-order valence-corrected chi connectivity index (χ3v) is 5.37. The minimum absolute atomic E-state index is 0.201. The molecule has 0 aromatic carbocycles. The van der Waals surface area contributed by atoms with Crippen LogP contribution in [0.5, 0.6) is 0 Å². The number of rotatable bonds is 5. The van der Waals surface area contributed by atoms with Crippen molar-refractivity contribution in [1.29, 1.82) is 0 Å². The molecule has 1 aromatic heterocycles. The van der Waals surface area contributed by atoms with Gasteiger partial charge in [0.05, 0.1) is 10.4 Å². The van der Waals surface area contributed by atoms with Gasteiger partial charge in [0.25, 0.3) is 0 Å². The number of hydrogen-bond acceptors (Lipinski definition) is 3.